The standard InChI is InChI=1S/C21H26FN3O4.C10H12BrFO3/c1-12(2)8-21(3,23)11-29-16-6-5-13-14-7-18(25-20(26)27-4)24-9-17(14)28-10-15(13)19(16)22;1-13-7-5-4-6(11)8(9(7)12)10(14-2)15-3/h5-7,9,12H,8,10-11,23H2,1-4H3,(H,24,25,26);4-5,10H,1-3H3/t21-;/m0./s1. The van der Waals surface area contributed by atoms with Crippen molar-refractivity contribution in [3.05, 3.63) is 63.8 Å². The minimum absolute atomic E-state index is 0.0582. The van der Waals surface area contributed by atoms with Crippen LogP contribution < -0.4 is 25.3 Å². The quantitative estimate of drug-likeness (QED) is 0.218. The molecule has 1 aliphatic heterocycles. The maximum Gasteiger partial charge on any atom is 0.412 e. The zero-order valence-corrected chi connectivity index (χ0v) is 27.3. The lowest BCUT2D eigenvalue weighted by Gasteiger charge is -2.27. The monoisotopic (exact) mass is 681 g/mol. The third-order valence-corrected chi connectivity index (χ3v) is 7.25. The molecule has 0 unspecified atom stereocenters. The van der Waals surface area contributed by atoms with E-state index in [0.29, 0.717) is 38.4 Å². The Kier molecular flexibility index (Phi) is 12.3. The summed E-state index contributed by atoms with van der Waals surface area (Å²) < 4.78 is 60.3. The third kappa shape index (κ3) is 8.56. The van der Waals surface area contributed by atoms with Gasteiger partial charge in [0.25, 0.3) is 0 Å². The van der Waals surface area contributed by atoms with Crippen LogP contribution in [0.1, 0.15) is 44.6 Å². The smallest absolute Gasteiger partial charge is 0.412 e. The van der Waals surface area contributed by atoms with Gasteiger partial charge in [-0.05, 0) is 55.2 Å². The van der Waals surface area contributed by atoms with Crippen LogP contribution in [0.2, 0.25) is 0 Å². The molecule has 3 N–H and O–H groups in total. The largest absolute Gasteiger partial charge is 0.494 e. The van der Waals surface area contributed by atoms with Crippen molar-refractivity contribution in [3.8, 4) is 28.4 Å². The summed E-state index contributed by atoms with van der Waals surface area (Å²) in [6.45, 7) is 6.32. The first-order chi connectivity index (χ1) is 20.8. The van der Waals surface area contributed by atoms with Crippen LogP contribution in [-0.2, 0) is 20.8 Å². The molecule has 1 atom stereocenters. The number of nitrogens with one attached hydrogen (secondary N) is 1. The number of fused-ring (bicyclic) bond motifs is 3. The summed E-state index contributed by atoms with van der Waals surface area (Å²) in [4.78, 5) is 15.5. The Balaban J connectivity index is 0.000000297. The molecule has 0 radical (unpaired) electrons. The highest BCUT2D eigenvalue weighted by Crippen LogP contribution is 2.41. The van der Waals surface area contributed by atoms with Gasteiger partial charge >= 0.3 is 6.09 Å². The molecule has 0 bridgehead atoms. The van der Waals surface area contributed by atoms with Crippen LogP contribution in [-0.4, -0.2) is 51.7 Å². The van der Waals surface area contributed by atoms with E-state index in [1.165, 1.54) is 40.7 Å². The van der Waals surface area contributed by atoms with Gasteiger partial charge in [0.15, 0.2) is 29.4 Å². The number of hydrogen-bond donors (Lipinski definition) is 2. The zero-order valence-electron chi connectivity index (χ0n) is 25.8. The van der Waals surface area contributed by atoms with Crippen molar-refractivity contribution in [1.29, 1.82) is 0 Å². The van der Waals surface area contributed by atoms with Crippen LogP contribution in [0.3, 0.4) is 0 Å². The minimum atomic E-state index is -0.755. The van der Waals surface area contributed by atoms with E-state index in [1.807, 2.05) is 6.92 Å². The van der Waals surface area contributed by atoms with Gasteiger partial charge in [-0.3, -0.25) is 5.32 Å². The zero-order chi connectivity index (χ0) is 32.6. The highest BCUT2D eigenvalue weighted by Gasteiger charge is 2.26. The fourth-order valence-corrected chi connectivity index (χ4v) is 5.23. The molecular weight excluding hydrogens is 644 g/mol. The van der Waals surface area contributed by atoms with Gasteiger partial charge in [0.05, 0.1) is 26.0 Å². The number of methoxy groups -OCH3 is 4. The second-order valence-corrected chi connectivity index (χ2v) is 11.6. The first-order valence-electron chi connectivity index (χ1n) is 13.6. The Morgan fingerprint density at radius 3 is 2.39 bits per heavy atom. The number of ether oxygens (including phenoxy) is 6. The van der Waals surface area contributed by atoms with E-state index in [9.17, 15) is 9.18 Å². The van der Waals surface area contributed by atoms with E-state index in [2.05, 4.69) is 44.8 Å². The van der Waals surface area contributed by atoms with E-state index in [-0.39, 0.29) is 30.5 Å². The maximum absolute atomic E-state index is 15.1. The van der Waals surface area contributed by atoms with Gasteiger partial charge in [0.1, 0.15) is 24.8 Å². The second kappa shape index (κ2) is 15.5. The molecule has 3 aromatic rings. The number of nitrogens with two attached hydrogens (primary N) is 1. The summed E-state index contributed by atoms with van der Waals surface area (Å²) in [5.74, 6) is 0.528. The second-order valence-electron chi connectivity index (χ2n) is 10.7. The number of amides is 1. The molecule has 1 amide bonds. The molecular formula is C31H38BrF2N3O7. The predicted molar refractivity (Wildman–Crippen MR) is 165 cm³/mol. The lowest BCUT2D eigenvalue weighted by atomic mass is 9.92. The van der Waals surface area contributed by atoms with Crippen LogP contribution in [0.5, 0.6) is 17.2 Å². The lowest BCUT2D eigenvalue weighted by Crippen LogP contribution is -2.43. The van der Waals surface area contributed by atoms with Crippen LogP contribution >= 0.6 is 15.9 Å². The molecule has 2 aromatic carbocycles. The van der Waals surface area contributed by atoms with Gasteiger partial charge in [-0.2, -0.15) is 0 Å². The van der Waals surface area contributed by atoms with Crippen molar-refractivity contribution >= 4 is 27.8 Å². The Labute approximate surface area is 264 Å². The van der Waals surface area contributed by atoms with Crippen LogP contribution in [0, 0.1) is 17.6 Å². The molecule has 2 heterocycles. The maximum atomic E-state index is 15.1. The number of anilines is 1. The van der Waals surface area contributed by atoms with Gasteiger partial charge < -0.3 is 34.2 Å². The van der Waals surface area contributed by atoms with Crippen molar-refractivity contribution in [2.45, 2.75) is 45.6 Å². The molecule has 4 rings (SSSR count). The Hall–Kier alpha value is -3.52. The van der Waals surface area contributed by atoms with Crippen molar-refractivity contribution < 1.29 is 42.0 Å². The summed E-state index contributed by atoms with van der Waals surface area (Å²) in [5, 5.41) is 2.49. The lowest BCUT2D eigenvalue weighted by molar-refractivity contribution is -0.108. The number of benzene rings is 2. The molecule has 240 valence electrons. The predicted octanol–water partition coefficient (Wildman–Crippen LogP) is 6.99. The average Bonchev–Trinajstić information content (AvgIpc) is 2.98. The van der Waals surface area contributed by atoms with E-state index in [4.69, 9.17) is 29.4 Å². The molecule has 1 aliphatic rings. The number of aromatic nitrogens is 1. The number of pyridine rings is 1. The van der Waals surface area contributed by atoms with E-state index in [1.54, 1.807) is 24.3 Å². The molecule has 13 heteroatoms. The molecule has 10 nitrogen and oxygen atoms in total. The van der Waals surface area contributed by atoms with Crippen molar-refractivity contribution in [2.24, 2.45) is 11.7 Å². The summed E-state index contributed by atoms with van der Waals surface area (Å²) >= 11 is 3.24. The summed E-state index contributed by atoms with van der Waals surface area (Å²) in [7, 11) is 5.56. The first kappa shape index (κ1) is 35.0. The topological polar surface area (TPSA) is 123 Å². The van der Waals surface area contributed by atoms with Crippen LogP contribution in [0.4, 0.5) is 19.4 Å². The van der Waals surface area contributed by atoms with Gasteiger partial charge in [-0.25, -0.2) is 18.6 Å². The first-order valence-corrected chi connectivity index (χ1v) is 14.4. The van der Waals surface area contributed by atoms with Gasteiger partial charge in [0.2, 0.25) is 0 Å². The SMILES string of the molecule is COC(=O)Nc1cc2c(cn1)OCc1c-2ccc(OC[C@@](C)(N)CC(C)C)c1F.COc1ccc(Br)c(C(OC)OC)c1F. The molecule has 0 spiro atoms. The van der Waals surface area contributed by atoms with Gasteiger partial charge in [-0.15, -0.1) is 0 Å². The van der Waals surface area contributed by atoms with Crippen molar-refractivity contribution in [2.75, 3.05) is 40.4 Å². The summed E-state index contributed by atoms with van der Waals surface area (Å²) in [6.07, 6.45) is 0.849. The Morgan fingerprint density at radius 1 is 1.09 bits per heavy atom. The number of rotatable bonds is 10. The van der Waals surface area contributed by atoms with E-state index < -0.39 is 29.6 Å². The number of carbonyl (C=O) groups is 1. The number of nitrogens with zero attached hydrogens (tertiary/aromatic N) is 1. The molecule has 0 saturated heterocycles. The number of halogens is 3. The Morgan fingerprint density at radius 2 is 1.77 bits per heavy atom. The summed E-state index contributed by atoms with van der Waals surface area (Å²) in [5.41, 5.74) is 7.66. The molecule has 0 aliphatic carbocycles. The van der Waals surface area contributed by atoms with E-state index in [0.717, 1.165) is 6.42 Å². The third-order valence-electron chi connectivity index (χ3n) is 6.56. The normalized spacial score (nSPS) is 13.1. The van der Waals surface area contributed by atoms with Gasteiger partial charge in [0, 0.05) is 35.4 Å². The fourth-order valence-electron chi connectivity index (χ4n) is 4.74. The molecule has 44 heavy (non-hydrogen) atoms. The van der Waals surface area contributed by atoms with Crippen LogP contribution in [0.15, 0.2) is 41.0 Å². The number of carbonyl (C=O) groups excluding carboxylic acids is 1. The van der Waals surface area contributed by atoms with Crippen molar-refractivity contribution in [1.82, 2.24) is 4.98 Å². The Bertz CT molecular complexity index is 1450. The molecule has 0 saturated carbocycles. The summed E-state index contributed by atoms with van der Waals surface area (Å²) in [6, 6.07) is 8.19. The van der Waals surface area contributed by atoms with Crippen molar-refractivity contribution in [3.63, 3.8) is 0 Å². The van der Waals surface area contributed by atoms with Crippen LogP contribution in [0.25, 0.3) is 11.1 Å². The number of hydrogen-bond acceptors (Lipinski definition) is 9. The highest BCUT2D eigenvalue weighted by atomic mass is 79.9. The molecule has 0 fully saturated rings. The van der Waals surface area contributed by atoms with Gasteiger partial charge in [-0.1, -0.05) is 29.8 Å². The fraction of sp³-hybridized carbons (Fsp3) is 0.419. The molecule has 1 aromatic heterocycles. The average molecular weight is 683 g/mol. The van der Waals surface area contributed by atoms with E-state index >= 15 is 4.39 Å². The minimum Gasteiger partial charge on any atom is -0.494 e. The highest BCUT2D eigenvalue weighted by molar-refractivity contribution is 9.10.